The van der Waals surface area contributed by atoms with E-state index in [0.29, 0.717) is 5.92 Å². The van der Waals surface area contributed by atoms with Crippen LogP contribution in [0.3, 0.4) is 0 Å². The number of carbonyl (C=O) groups excluding carboxylic acids is 2. The first-order chi connectivity index (χ1) is 9.76. The minimum Gasteiger partial charge on any atom is -0.282 e. The van der Waals surface area contributed by atoms with Crippen LogP contribution in [0.5, 0.6) is 0 Å². The summed E-state index contributed by atoms with van der Waals surface area (Å²) in [4.78, 5) is 16.2. The molecule has 0 aliphatic rings. The van der Waals surface area contributed by atoms with E-state index >= 15 is 0 Å². The number of halogens is 1. The van der Waals surface area contributed by atoms with Crippen LogP contribution < -0.4 is 0 Å². The first kappa shape index (κ1) is 16.3. The fourth-order valence-corrected chi connectivity index (χ4v) is 2.48. The Hall–Kier alpha value is -1.71. The number of aromatic nitrogens is 2. The summed E-state index contributed by atoms with van der Waals surface area (Å²) in [6.45, 7) is 2.14. The summed E-state index contributed by atoms with van der Waals surface area (Å²) in [5.41, 5.74) is 3.68. The number of benzene rings is 1. The Morgan fingerprint density at radius 2 is 1.95 bits per heavy atom. The highest BCUT2D eigenvalue weighted by molar-refractivity contribution is 9.09. The summed E-state index contributed by atoms with van der Waals surface area (Å²) in [6.07, 6.45) is 2.32. The summed E-state index contributed by atoms with van der Waals surface area (Å²) < 4.78 is 0. The summed E-state index contributed by atoms with van der Waals surface area (Å²) in [5, 5.41) is 8.52. The molecule has 0 saturated carbocycles. The first-order valence-corrected chi connectivity index (χ1v) is 7.53. The second-order valence-electron chi connectivity index (χ2n) is 4.20. The van der Waals surface area contributed by atoms with Crippen molar-refractivity contribution >= 4 is 22.1 Å². The second kappa shape index (κ2) is 9.23. The maximum atomic E-state index is 8.12. The molecule has 5 heteroatoms. The van der Waals surface area contributed by atoms with Gasteiger partial charge in [0.05, 0.1) is 5.69 Å². The van der Waals surface area contributed by atoms with E-state index in [0.717, 1.165) is 23.9 Å². The van der Waals surface area contributed by atoms with E-state index in [1.807, 2.05) is 0 Å². The third kappa shape index (κ3) is 4.76. The smallest absolute Gasteiger partial charge is 0.282 e. The zero-order valence-corrected chi connectivity index (χ0v) is 12.9. The number of hydrogen-bond donors (Lipinski definition) is 1. The molecule has 0 amide bonds. The average molecular weight is 337 g/mol. The normalized spacial score (nSPS) is 11.1. The monoisotopic (exact) mass is 336 g/mol. The Morgan fingerprint density at radius 3 is 2.45 bits per heavy atom. The van der Waals surface area contributed by atoms with Gasteiger partial charge in [-0.3, -0.25) is 5.10 Å². The minimum atomic E-state index is 0.250. The van der Waals surface area contributed by atoms with Gasteiger partial charge in [-0.2, -0.15) is 14.7 Å². The largest absolute Gasteiger partial charge is 0.373 e. The van der Waals surface area contributed by atoms with Crippen molar-refractivity contribution in [1.82, 2.24) is 10.2 Å². The molecule has 0 aliphatic heterocycles. The molecule has 0 bridgehead atoms. The Labute approximate surface area is 126 Å². The van der Waals surface area contributed by atoms with E-state index in [-0.39, 0.29) is 6.15 Å². The van der Waals surface area contributed by atoms with Crippen molar-refractivity contribution in [3.05, 3.63) is 53.3 Å². The van der Waals surface area contributed by atoms with Gasteiger partial charge in [0.1, 0.15) is 0 Å². The van der Waals surface area contributed by atoms with Gasteiger partial charge in [0.15, 0.2) is 0 Å². The Balaban J connectivity index is 0.000000612. The Morgan fingerprint density at radius 1 is 1.30 bits per heavy atom. The van der Waals surface area contributed by atoms with Crippen molar-refractivity contribution in [2.75, 3.05) is 5.33 Å². The molecule has 0 spiro atoms. The molecule has 1 heterocycles. The van der Waals surface area contributed by atoms with Crippen molar-refractivity contribution in [3.63, 3.8) is 0 Å². The fraction of sp³-hybridized carbons (Fsp3) is 0.333. The number of alkyl halides is 1. The van der Waals surface area contributed by atoms with E-state index in [1.54, 1.807) is 0 Å². The maximum absolute atomic E-state index is 8.12. The zero-order chi connectivity index (χ0) is 14.8. The van der Waals surface area contributed by atoms with Crippen LogP contribution in [0, 0.1) is 0 Å². The predicted octanol–water partition coefficient (Wildman–Crippen LogP) is 3.31. The second-order valence-corrected chi connectivity index (χ2v) is 4.99. The van der Waals surface area contributed by atoms with Crippen molar-refractivity contribution in [2.24, 2.45) is 0 Å². The third-order valence-corrected chi connectivity index (χ3v) is 3.45. The summed E-state index contributed by atoms with van der Waals surface area (Å²) >= 11 is 3.53. The number of nitrogens with zero attached hydrogens (tertiary/aromatic N) is 1. The van der Waals surface area contributed by atoms with Crippen LogP contribution >= 0.6 is 15.9 Å². The molecule has 1 N–H and O–H groups in total. The molecule has 1 atom stereocenters. The number of nitrogens with one attached hydrogen (secondary N) is 1. The van der Waals surface area contributed by atoms with Gasteiger partial charge < -0.3 is 0 Å². The zero-order valence-electron chi connectivity index (χ0n) is 11.3. The van der Waals surface area contributed by atoms with E-state index in [9.17, 15) is 0 Å². The summed E-state index contributed by atoms with van der Waals surface area (Å²) in [5.74, 6) is 0.382. The molecule has 0 aliphatic carbocycles. The quantitative estimate of drug-likeness (QED) is 0.852. The minimum absolute atomic E-state index is 0.250. The third-order valence-electron chi connectivity index (χ3n) is 2.99. The highest BCUT2D eigenvalue weighted by atomic mass is 79.9. The predicted molar refractivity (Wildman–Crippen MR) is 79.7 cm³/mol. The molecule has 0 radical (unpaired) electrons. The Kier molecular flexibility index (Phi) is 7.55. The highest BCUT2D eigenvalue weighted by Gasteiger charge is 2.16. The van der Waals surface area contributed by atoms with Gasteiger partial charge in [0.25, 0.3) is 0 Å². The van der Waals surface area contributed by atoms with Gasteiger partial charge in [0, 0.05) is 16.9 Å². The van der Waals surface area contributed by atoms with Crippen molar-refractivity contribution < 1.29 is 9.59 Å². The van der Waals surface area contributed by atoms with Crippen LogP contribution in [0.15, 0.2) is 36.4 Å². The van der Waals surface area contributed by atoms with Crippen LogP contribution in [0.25, 0.3) is 0 Å². The molecular weight excluding hydrogens is 320 g/mol. The van der Waals surface area contributed by atoms with Gasteiger partial charge in [-0.1, -0.05) is 53.2 Å². The molecule has 4 nitrogen and oxygen atoms in total. The molecule has 1 aromatic carbocycles. The van der Waals surface area contributed by atoms with Crippen molar-refractivity contribution in [1.29, 1.82) is 0 Å². The molecule has 0 fully saturated rings. The maximum Gasteiger partial charge on any atom is 0.373 e. The average Bonchev–Trinajstić information content (AvgIpc) is 2.95. The number of aryl methyl sites for hydroxylation is 1. The lowest BCUT2D eigenvalue weighted by molar-refractivity contribution is -0.191. The van der Waals surface area contributed by atoms with Crippen LogP contribution in [0.4, 0.5) is 0 Å². The molecule has 1 unspecified atom stereocenters. The number of H-pyrrole nitrogens is 1. The van der Waals surface area contributed by atoms with Gasteiger partial charge in [-0.05, 0) is 24.5 Å². The number of rotatable bonds is 5. The first-order valence-electron chi connectivity index (χ1n) is 6.41. The van der Waals surface area contributed by atoms with Gasteiger partial charge in [-0.15, -0.1) is 0 Å². The number of hydrogen-bond acceptors (Lipinski definition) is 3. The lowest BCUT2D eigenvalue weighted by Gasteiger charge is -2.13. The van der Waals surface area contributed by atoms with Crippen molar-refractivity contribution in [3.8, 4) is 0 Å². The van der Waals surface area contributed by atoms with Gasteiger partial charge >= 0.3 is 6.15 Å². The van der Waals surface area contributed by atoms with Crippen LogP contribution in [-0.2, 0) is 16.0 Å². The van der Waals surface area contributed by atoms with Crippen LogP contribution in [-0.4, -0.2) is 21.7 Å². The topological polar surface area (TPSA) is 62.8 Å². The highest BCUT2D eigenvalue weighted by Crippen LogP contribution is 2.27. The molecule has 2 rings (SSSR count). The SMILES string of the molecule is CCc1cc(C(CCBr)c2ccccc2)n[nH]1.O=C=O. The van der Waals surface area contributed by atoms with Crippen LogP contribution in [0.1, 0.15) is 36.2 Å². The molecule has 1 aromatic heterocycles. The lowest BCUT2D eigenvalue weighted by atomic mass is 9.93. The van der Waals surface area contributed by atoms with E-state index in [2.05, 4.69) is 69.4 Å². The fourth-order valence-electron chi connectivity index (χ4n) is 2.02. The molecule has 2 aromatic rings. The molecular formula is C15H17BrN2O2. The van der Waals surface area contributed by atoms with Crippen molar-refractivity contribution in [2.45, 2.75) is 25.7 Å². The summed E-state index contributed by atoms with van der Waals surface area (Å²) in [6, 6.07) is 12.8. The molecule has 20 heavy (non-hydrogen) atoms. The lowest BCUT2D eigenvalue weighted by Crippen LogP contribution is -2.02. The Bertz CT molecular complexity index is 534. The standard InChI is InChI=1S/C14H17BrN2.CO2/c1-2-12-10-14(17-16-12)13(8-9-15)11-6-4-3-5-7-11;2-1-3/h3-7,10,13H,2,8-9H2,1H3,(H,16,17);. The van der Waals surface area contributed by atoms with Gasteiger partial charge in [0.2, 0.25) is 0 Å². The van der Waals surface area contributed by atoms with E-state index < -0.39 is 0 Å². The van der Waals surface area contributed by atoms with E-state index in [1.165, 1.54) is 11.3 Å². The van der Waals surface area contributed by atoms with Crippen LogP contribution in [0.2, 0.25) is 0 Å². The summed E-state index contributed by atoms with van der Waals surface area (Å²) in [7, 11) is 0. The molecule has 0 saturated heterocycles. The molecule has 106 valence electrons. The van der Waals surface area contributed by atoms with Gasteiger partial charge in [-0.25, -0.2) is 0 Å². The van der Waals surface area contributed by atoms with E-state index in [4.69, 9.17) is 9.59 Å². The number of aromatic amines is 1.